The number of alkyl halides is 2. The molecule has 1 saturated heterocycles. The molecule has 1 unspecified atom stereocenters. The van der Waals surface area contributed by atoms with Gasteiger partial charge in [-0.15, -0.1) is 11.3 Å². The Balaban J connectivity index is 1.48. The Hall–Kier alpha value is -2.58. The molecule has 0 spiro atoms. The molecule has 2 aromatic rings. The fourth-order valence-electron chi connectivity index (χ4n) is 4.45. The van der Waals surface area contributed by atoms with Gasteiger partial charge in [0, 0.05) is 17.8 Å². The van der Waals surface area contributed by atoms with Gasteiger partial charge in [-0.3, -0.25) is 4.79 Å². The van der Waals surface area contributed by atoms with Crippen molar-refractivity contribution < 1.29 is 28.2 Å². The van der Waals surface area contributed by atoms with Crippen molar-refractivity contribution in [2.45, 2.75) is 69.9 Å². The summed E-state index contributed by atoms with van der Waals surface area (Å²) in [6, 6.07) is 13.0. The lowest BCUT2D eigenvalue weighted by molar-refractivity contribution is -0.148. The van der Waals surface area contributed by atoms with E-state index in [1.165, 1.54) is 28.9 Å². The largest absolute Gasteiger partial charge is 0.465 e. The van der Waals surface area contributed by atoms with E-state index < -0.39 is 36.4 Å². The zero-order valence-corrected chi connectivity index (χ0v) is 21.7. The van der Waals surface area contributed by atoms with E-state index in [0.29, 0.717) is 17.7 Å². The quantitative estimate of drug-likeness (QED) is 0.210. The number of aryl methyl sites for hydroxylation is 2. The van der Waals surface area contributed by atoms with Crippen LogP contribution >= 0.6 is 11.3 Å². The summed E-state index contributed by atoms with van der Waals surface area (Å²) in [5, 5.41) is 10.6. The molecule has 36 heavy (non-hydrogen) atoms. The van der Waals surface area contributed by atoms with Crippen LogP contribution in [-0.2, 0) is 22.4 Å². The first-order chi connectivity index (χ1) is 17.2. The van der Waals surface area contributed by atoms with Gasteiger partial charge in [-0.1, -0.05) is 55.8 Å². The summed E-state index contributed by atoms with van der Waals surface area (Å²) in [7, 11) is 1.32. The fraction of sp³-hybridized carbons (Fsp3) is 0.500. The van der Waals surface area contributed by atoms with Gasteiger partial charge in [-0.25, -0.2) is 4.79 Å². The van der Waals surface area contributed by atoms with E-state index >= 15 is 0 Å². The van der Waals surface area contributed by atoms with Crippen LogP contribution in [0.15, 0.2) is 54.6 Å². The van der Waals surface area contributed by atoms with Gasteiger partial charge in [0.05, 0.1) is 19.3 Å². The van der Waals surface area contributed by atoms with Crippen LogP contribution in [0.1, 0.15) is 59.1 Å². The van der Waals surface area contributed by atoms with Gasteiger partial charge < -0.3 is 14.7 Å². The number of aliphatic hydroxyl groups excluding tert-OH is 1. The first kappa shape index (κ1) is 28.0. The average molecular weight is 520 g/mol. The van der Waals surface area contributed by atoms with Gasteiger partial charge in [0.25, 0.3) is 5.91 Å². The normalized spacial score (nSPS) is 19.1. The third-order valence-corrected chi connectivity index (χ3v) is 7.77. The average Bonchev–Trinajstić information content (AvgIpc) is 3.43. The standard InChI is InChI=1S/C28H35F2NO4S/c1-20(9-6-7-12-21-10-4-3-5-11-21)24(32)16-14-22-19-28(29,30)27(34)31(22)18-8-13-23-15-17-25(36-23)26(33)35-2/h3-5,10-11,14-17,20,22,24,32H,6-9,12-13,18-19H2,1-2H3/t20-,22-,24?/m0/s1. The molecule has 1 fully saturated rings. The second-order valence-corrected chi connectivity index (χ2v) is 10.6. The van der Waals surface area contributed by atoms with Gasteiger partial charge in [-0.05, 0) is 55.7 Å². The second kappa shape index (κ2) is 13.1. The molecule has 0 radical (unpaired) electrons. The molecule has 0 aliphatic carbocycles. The van der Waals surface area contributed by atoms with E-state index in [1.54, 1.807) is 18.2 Å². The van der Waals surface area contributed by atoms with Crippen LogP contribution in [0.4, 0.5) is 8.78 Å². The summed E-state index contributed by atoms with van der Waals surface area (Å²) in [6.07, 6.45) is 6.66. The first-order valence-electron chi connectivity index (χ1n) is 12.5. The fourth-order valence-corrected chi connectivity index (χ4v) is 5.42. The van der Waals surface area contributed by atoms with Gasteiger partial charge in [0.15, 0.2) is 0 Å². The van der Waals surface area contributed by atoms with Gasteiger partial charge in [-0.2, -0.15) is 8.78 Å². The van der Waals surface area contributed by atoms with E-state index in [9.17, 15) is 23.5 Å². The second-order valence-electron chi connectivity index (χ2n) is 9.42. The minimum absolute atomic E-state index is 0.00840. The van der Waals surface area contributed by atoms with E-state index in [0.717, 1.165) is 30.6 Å². The number of unbranched alkanes of at least 4 members (excludes halogenated alkanes) is 1. The molecule has 5 nitrogen and oxygen atoms in total. The highest BCUT2D eigenvalue weighted by Gasteiger charge is 2.52. The first-order valence-corrected chi connectivity index (χ1v) is 13.3. The van der Waals surface area contributed by atoms with Crippen molar-refractivity contribution in [3.05, 3.63) is 69.9 Å². The van der Waals surface area contributed by atoms with Gasteiger partial charge in [0.1, 0.15) is 4.88 Å². The maximum atomic E-state index is 14.2. The summed E-state index contributed by atoms with van der Waals surface area (Å²) in [4.78, 5) is 26.5. The Kier molecular flexibility index (Phi) is 10.2. The minimum Gasteiger partial charge on any atom is -0.465 e. The van der Waals surface area contributed by atoms with Crippen LogP contribution in [0.5, 0.6) is 0 Å². The monoisotopic (exact) mass is 519 g/mol. The highest BCUT2D eigenvalue weighted by atomic mass is 32.1. The molecule has 0 bridgehead atoms. The number of aliphatic hydroxyl groups is 1. The number of thiophene rings is 1. The van der Waals surface area contributed by atoms with Crippen molar-refractivity contribution in [1.29, 1.82) is 0 Å². The van der Waals surface area contributed by atoms with Crippen molar-refractivity contribution >= 4 is 23.2 Å². The lowest BCUT2D eigenvalue weighted by Gasteiger charge is -2.22. The smallest absolute Gasteiger partial charge is 0.348 e. The highest BCUT2D eigenvalue weighted by Crippen LogP contribution is 2.34. The van der Waals surface area contributed by atoms with Crippen molar-refractivity contribution in [1.82, 2.24) is 4.90 Å². The molecule has 8 heteroatoms. The predicted molar refractivity (Wildman–Crippen MR) is 137 cm³/mol. The number of hydrogen-bond donors (Lipinski definition) is 1. The summed E-state index contributed by atoms with van der Waals surface area (Å²) in [5.41, 5.74) is 1.29. The summed E-state index contributed by atoms with van der Waals surface area (Å²) in [5.74, 6) is -4.98. The molecule has 1 N–H and O–H groups in total. The van der Waals surface area contributed by atoms with Crippen LogP contribution < -0.4 is 0 Å². The number of methoxy groups -OCH3 is 1. The lowest BCUT2D eigenvalue weighted by Crippen LogP contribution is -2.36. The molecule has 3 rings (SSSR count). The van der Waals surface area contributed by atoms with Crippen LogP contribution in [0.3, 0.4) is 0 Å². The van der Waals surface area contributed by atoms with Gasteiger partial charge in [0.2, 0.25) is 0 Å². The molecular formula is C28H35F2NO4S. The lowest BCUT2D eigenvalue weighted by atomic mass is 9.95. The Morgan fingerprint density at radius 2 is 1.94 bits per heavy atom. The number of likely N-dealkylation sites (tertiary alicyclic amines) is 1. The molecule has 1 aliphatic rings. The Labute approximate surface area is 215 Å². The number of amides is 1. The van der Waals surface area contributed by atoms with Crippen molar-refractivity contribution in [3.63, 3.8) is 0 Å². The Morgan fingerprint density at radius 1 is 1.19 bits per heavy atom. The number of rotatable bonds is 13. The molecule has 1 aromatic heterocycles. The van der Waals surface area contributed by atoms with E-state index in [2.05, 4.69) is 12.1 Å². The zero-order chi connectivity index (χ0) is 26.1. The van der Waals surface area contributed by atoms with Crippen molar-refractivity contribution in [2.75, 3.05) is 13.7 Å². The minimum atomic E-state index is -3.40. The SMILES string of the molecule is COC(=O)c1ccc(CCCN2C(=O)C(F)(F)C[C@@H]2C=CC(O)[C@@H](C)CCCCc2ccccc2)s1. The topological polar surface area (TPSA) is 66.8 Å². The molecule has 1 amide bonds. The molecule has 3 atom stereocenters. The Morgan fingerprint density at radius 3 is 2.67 bits per heavy atom. The van der Waals surface area contributed by atoms with E-state index in [4.69, 9.17) is 4.74 Å². The maximum absolute atomic E-state index is 14.2. The summed E-state index contributed by atoms with van der Waals surface area (Å²) >= 11 is 1.30. The number of carbonyl (C=O) groups is 2. The number of hydrogen-bond acceptors (Lipinski definition) is 5. The summed E-state index contributed by atoms with van der Waals surface area (Å²) < 4.78 is 33.1. The molecular weight excluding hydrogens is 484 g/mol. The number of nitrogens with zero attached hydrogens (tertiary/aromatic N) is 1. The van der Waals surface area contributed by atoms with E-state index in [-0.39, 0.29) is 12.5 Å². The number of ether oxygens (including phenoxy) is 1. The highest BCUT2D eigenvalue weighted by molar-refractivity contribution is 7.13. The molecule has 196 valence electrons. The molecule has 1 aliphatic heterocycles. The maximum Gasteiger partial charge on any atom is 0.348 e. The van der Waals surface area contributed by atoms with Crippen molar-refractivity contribution in [2.24, 2.45) is 5.92 Å². The zero-order valence-electron chi connectivity index (χ0n) is 20.9. The summed E-state index contributed by atoms with van der Waals surface area (Å²) in [6.45, 7) is 2.13. The molecule has 1 aromatic carbocycles. The molecule has 2 heterocycles. The third-order valence-electron chi connectivity index (χ3n) is 6.64. The number of esters is 1. The Bertz CT molecular complexity index is 1020. The van der Waals surface area contributed by atoms with Crippen LogP contribution in [0.2, 0.25) is 0 Å². The predicted octanol–water partition coefficient (Wildman–Crippen LogP) is 5.67. The molecule has 0 saturated carbocycles. The van der Waals surface area contributed by atoms with Crippen LogP contribution in [0, 0.1) is 5.92 Å². The number of carbonyl (C=O) groups excluding carboxylic acids is 2. The van der Waals surface area contributed by atoms with Crippen molar-refractivity contribution in [3.8, 4) is 0 Å². The third kappa shape index (κ3) is 7.71. The number of halogens is 2. The van der Waals surface area contributed by atoms with E-state index in [1.807, 2.05) is 31.2 Å². The van der Waals surface area contributed by atoms with Gasteiger partial charge >= 0.3 is 11.9 Å². The van der Waals surface area contributed by atoms with Crippen LogP contribution in [0.25, 0.3) is 0 Å². The number of benzene rings is 1. The van der Waals surface area contributed by atoms with Crippen LogP contribution in [-0.4, -0.2) is 53.6 Å².